The predicted octanol–water partition coefficient (Wildman–Crippen LogP) is 0.656. The molecule has 0 atom stereocenters. The lowest BCUT2D eigenvalue weighted by atomic mass is 10.1. The summed E-state index contributed by atoms with van der Waals surface area (Å²) in [6, 6.07) is 0.484. The lowest BCUT2D eigenvalue weighted by Crippen LogP contribution is -2.40. The maximum atomic E-state index is 3.95. The Morgan fingerprint density at radius 1 is 1.46 bits per heavy atom. The molecular formula is C9H18N4. The van der Waals surface area contributed by atoms with E-state index in [2.05, 4.69) is 28.8 Å². The number of aliphatic imine (C=N–C) groups is 1. The molecule has 4 heteroatoms. The van der Waals surface area contributed by atoms with Crippen LogP contribution in [-0.2, 0) is 0 Å². The number of hydrazone groups is 1. The van der Waals surface area contributed by atoms with Crippen molar-refractivity contribution in [3.8, 4) is 0 Å². The molecule has 0 aromatic heterocycles. The second-order valence-corrected chi connectivity index (χ2v) is 3.43. The van der Waals surface area contributed by atoms with E-state index in [0.717, 1.165) is 25.9 Å². The molecule has 0 spiro atoms. The molecule has 1 rings (SSSR count). The van der Waals surface area contributed by atoms with Crippen molar-refractivity contribution in [1.82, 2.24) is 9.91 Å². The van der Waals surface area contributed by atoms with Crippen LogP contribution in [0.25, 0.3) is 0 Å². The third-order valence-corrected chi connectivity index (χ3v) is 2.46. The molecule has 0 aromatic carbocycles. The first-order chi connectivity index (χ1) is 6.27. The molecular weight excluding hydrogens is 164 g/mol. The third kappa shape index (κ3) is 2.81. The van der Waals surface area contributed by atoms with Crippen molar-refractivity contribution in [1.29, 1.82) is 0 Å². The molecule has 1 fully saturated rings. The normalized spacial score (nSPS) is 20.8. The minimum atomic E-state index is 0.484. The van der Waals surface area contributed by atoms with Crippen molar-refractivity contribution in [2.75, 3.05) is 27.2 Å². The number of hydrogen-bond acceptors (Lipinski definition) is 3. The van der Waals surface area contributed by atoms with Crippen LogP contribution < -0.4 is 0 Å². The largest absolute Gasteiger partial charge is 0.306 e. The van der Waals surface area contributed by atoms with Crippen LogP contribution in [0, 0.1) is 0 Å². The van der Waals surface area contributed by atoms with Gasteiger partial charge in [-0.25, -0.2) is 0 Å². The van der Waals surface area contributed by atoms with Gasteiger partial charge in [-0.2, -0.15) is 5.10 Å². The van der Waals surface area contributed by atoms with Gasteiger partial charge < -0.3 is 4.90 Å². The Balaban J connectivity index is 2.45. The molecule has 1 aliphatic heterocycles. The van der Waals surface area contributed by atoms with E-state index in [1.165, 1.54) is 0 Å². The Hall–Kier alpha value is -0.900. The Morgan fingerprint density at radius 3 is 2.54 bits per heavy atom. The van der Waals surface area contributed by atoms with E-state index in [4.69, 9.17) is 0 Å². The fraction of sp³-hybridized carbons (Fsp3) is 0.778. The number of piperidine rings is 1. The van der Waals surface area contributed by atoms with Crippen molar-refractivity contribution in [3.63, 3.8) is 0 Å². The molecule has 0 aliphatic carbocycles. The molecule has 1 saturated heterocycles. The van der Waals surface area contributed by atoms with Gasteiger partial charge >= 0.3 is 0 Å². The number of rotatable bonds is 3. The van der Waals surface area contributed by atoms with Gasteiger partial charge in [-0.15, -0.1) is 0 Å². The van der Waals surface area contributed by atoms with Gasteiger partial charge in [0.1, 0.15) is 6.34 Å². The van der Waals surface area contributed by atoms with Gasteiger partial charge in [0, 0.05) is 13.8 Å². The summed E-state index contributed by atoms with van der Waals surface area (Å²) in [5, 5.41) is 5.81. The lowest BCUT2D eigenvalue weighted by molar-refractivity contribution is 0.183. The maximum absolute atomic E-state index is 3.95. The number of nitrogens with zero attached hydrogens (tertiary/aromatic N) is 4. The van der Waals surface area contributed by atoms with Crippen molar-refractivity contribution >= 4 is 13.1 Å². The van der Waals surface area contributed by atoms with Crippen LogP contribution in [0.2, 0.25) is 0 Å². The zero-order valence-corrected chi connectivity index (χ0v) is 8.48. The van der Waals surface area contributed by atoms with Gasteiger partial charge in [0.05, 0.1) is 6.04 Å². The molecule has 1 aliphatic rings. The highest BCUT2D eigenvalue weighted by molar-refractivity contribution is 5.55. The van der Waals surface area contributed by atoms with Crippen LogP contribution in [0.4, 0.5) is 0 Å². The van der Waals surface area contributed by atoms with E-state index in [-0.39, 0.29) is 0 Å². The topological polar surface area (TPSA) is 31.2 Å². The molecule has 4 nitrogen and oxygen atoms in total. The average molecular weight is 182 g/mol. The van der Waals surface area contributed by atoms with Crippen LogP contribution in [0.15, 0.2) is 10.1 Å². The van der Waals surface area contributed by atoms with E-state index in [1.54, 1.807) is 13.4 Å². The van der Waals surface area contributed by atoms with Crippen molar-refractivity contribution < 1.29 is 0 Å². The van der Waals surface area contributed by atoms with Gasteiger partial charge in [0.2, 0.25) is 0 Å². The van der Waals surface area contributed by atoms with E-state index in [0.29, 0.717) is 6.04 Å². The van der Waals surface area contributed by atoms with Crippen LogP contribution in [0.5, 0.6) is 0 Å². The van der Waals surface area contributed by atoms with Crippen LogP contribution >= 0.6 is 0 Å². The highest BCUT2D eigenvalue weighted by atomic mass is 15.5. The first kappa shape index (κ1) is 10.2. The summed E-state index contributed by atoms with van der Waals surface area (Å²) < 4.78 is 0. The van der Waals surface area contributed by atoms with Gasteiger partial charge in [0.25, 0.3) is 0 Å². The summed E-state index contributed by atoms with van der Waals surface area (Å²) in [4.78, 5) is 6.29. The van der Waals surface area contributed by atoms with Crippen LogP contribution in [-0.4, -0.2) is 56.2 Å². The summed E-state index contributed by atoms with van der Waals surface area (Å²) in [5.74, 6) is 0. The van der Waals surface area contributed by atoms with Gasteiger partial charge in [-0.1, -0.05) is 0 Å². The van der Waals surface area contributed by atoms with Crippen molar-refractivity contribution in [3.05, 3.63) is 0 Å². The first-order valence-corrected chi connectivity index (χ1v) is 4.63. The lowest BCUT2D eigenvalue weighted by Gasteiger charge is -2.32. The van der Waals surface area contributed by atoms with Crippen molar-refractivity contribution in [2.45, 2.75) is 18.9 Å². The molecule has 1 heterocycles. The Bertz CT molecular complexity index is 182. The minimum Gasteiger partial charge on any atom is -0.306 e. The first-order valence-electron chi connectivity index (χ1n) is 4.63. The Labute approximate surface area is 79.9 Å². The second-order valence-electron chi connectivity index (χ2n) is 3.43. The predicted molar refractivity (Wildman–Crippen MR) is 56.3 cm³/mol. The monoisotopic (exact) mass is 182 g/mol. The summed E-state index contributed by atoms with van der Waals surface area (Å²) >= 11 is 0. The quantitative estimate of drug-likeness (QED) is 0.365. The van der Waals surface area contributed by atoms with Crippen LogP contribution in [0.3, 0.4) is 0 Å². The maximum Gasteiger partial charge on any atom is 0.106 e. The second kappa shape index (κ2) is 4.97. The van der Waals surface area contributed by atoms with Gasteiger partial charge in [-0.05, 0) is 33.0 Å². The van der Waals surface area contributed by atoms with Gasteiger partial charge in [0.15, 0.2) is 0 Å². The standard InChI is InChI=1S/C9H18N4/c1-10-8-13(11-2)9-4-6-12(3)7-5-9/h8-9H,2,4-7H2,1,3H3/b10-8-. The zero-order valence-electron chi connectivity index (χ0n) is 8.48. The molecule has 0 N–H and O–H groups in total. The number of hydrogen-bond donors (Lipinski definition) is 0. The highest BCUT2D eigenvalue weighted by Gasteiger charge is 2.20. The Kier molecular flexibility index (Phi) is 3.89. The van der Waals surface area contributed by atoms with E-state index in [1.807, 2.05) is 5.01 Å². The minimum absolute atomic E-state index is 0.484. The number of likely N-dealkylation sites (tertiary alicyclic amines) is 1. The summed E-state index contributed by atoms with van der Waals surface area (Å²) in [6.07, 6.45) is 4.03. The third-order valence-electron chi connectivity index (χ3n) is 2.46. The van der Waals surface area contributed by atoms with Crippen molar-refractivity contribution in [2.24, 2.45) is 10.1 Å². The SMILES string of the molecule is C=NN(/C=N\C)C1CCN(C)CC1. The molecule has 13 heavy (non-hydrogen) atoms. The molecule has 0 amide bonds. The molecule has 74 valence electrons. The van der Waals surface area contributed by atoms with E-state index >= 15 is 0 Å². The van der Waals surface area contributed by atoms with E-state index < -0.39 is 0 Å². The van der Waals surface area contributed by atoms with Crippen LogP contribution in [0.1, 0.15) is 12.8 Å². The molecule has 0 unspecified atom stereocenters. The fourth-order valence-electron chi connectivity index (χ4n) is 1.62. The molecule has 0 radical (unpaired) electrons. The smallest absolute Gasteiger partial charge is 0.106 e. The molecule has 0 saturated carbocycles. The fourth-order valence-corrected chi connectivity index (χ4v) is 1.62. The summed E-state index contributed by atoms with van der Waals surface area (Å²) in [5.41, 5.74) is 0. The van der Waals surface area contributed by atoms with E-state index in [9.17, 15) is 0 Å². The average Bonchev–Trinajstić information content (AvgIpc) is 2.16. The van der Waals surface area contributed by atoms with Gasteiger partial charge in [-0.3, -0.25) is 10.0 Å². The molecule has 0 aromatic rings. The molecule has 0 bridgehead atoms. The Morgan fingerprint density at radius 2 is 2.08 bits per heavy atom. The summed E-state index contributed by atoms with van der Waals surface area (Å²) in [6.45, 7) is 5.81. The summed E-state index contributed by atoms with van der Waals surface area (Å²) in [7, 11) is 3.91. The highest BCUT2D eigenvalue weighted by Crippen LogP contribution is 2.14. The zero-order chi connectivity index (χ0) is 9.68.